The highest BCUT2D eigenvalue weighted by molar-refractivity contribution is 5.99. The molecule has 11 nitrogen and oxygen atoms in total. The number of nitrogen functional groups attached to an aromatic ring is 1. The van der Waals surface area contributed by atoms with Gasteiger partial charge in [-0.15, -0.1) is 5.10 Å². The second-order valence-electron chi connectivity index (χ2n) is 8.02. The molecule has 5 aromatic rings. The smallest absolute Gasteiger partial charge is 0.292 e. The van der Waals surface area contributed by atoms with Crippen molar-refractivity contribution in [3.8, 4) is 22.8 Å². The van der Waals surface area contributed by atoms with Crippen LogP contribution >= 0.6 is 0 Å². The number of benzene rings is 3. The van der Waals surface area contributed by atoms with Gasteiger partial charge in [-0.3, -0.25) is 4.79 Å². The van der Waals surface area contributed by atoms with Gasteiger partial charge in [-0.2, -0.15) is 9.78 Å². The molecule has 0 saturated heterocycles. The Bertz CT molecular complexity index is 1560. The highest BCUT2D eigenvalue weighted by atomic mass is 16.6. The van der Waals surface area contributed by atoms with Crippen LogP contribution in [0.4, 0.5) is 5.82 Å². The fourth-order valence-electron chi connectivity index (χ4n) is 3.60. The molecule has 37 heavy (non-hydrogen) atoms. The minimum atomic E-state index is -0.575. The molecule has 0 unspecified atom stereocenters. The van der Waals surface area contributed by atoms with Gasteiger partial charge in [0.1, 0.15) is 18.1 Å². The zero-order valence-corrected chi connectivity index (χ0v) is 19.8. The molecular formula is C26H22N8O3. The molecule has 0 bridgehead atoms. The SMILES string of the molecule is Cc1ccccc1COc1cccc(/C=N/NC(=O)c2c(-c3ccccc3)nnn2-c2nonc2N)c1. The van der Waals surface area contributed by atoms with E-state index >= 15 is 0 Å². The summed E-state index contributed by atoms with van der Waals surface area (Å²) in [6.07, 6.45) is 1.51. The second kappa shape index (κ2) is 10.5. The average Bonchev–Trinajstić information content (AvgIpc) is 3.55. The first-order chi connectivity index (χ1) is 18.1. The van der Waals surface area contributed by atoms with Crippen LogP contribution in [-0.2, 0) is 6.61 Å². The number of amides is 1. The largest absolute Gasteiger partial charge is 0.489 e. The van der Waals surface area contributed by atoms with E-state index in [1.807, 2.05) is 73.7 Å². The second-order valence-corrected chi connectivity index (χ2v) is 8.02. The van der Waals surface area contributed by atoms with E-state index in [0.29, 0.717) is 23.6 Å². The third-order valence-corrected chi connectivity index (χ3v) is 5.52. The van der Waals surface area contributed by atoms with Crippen molar-refractivity contribution in [1.82, 2.24) is 30.7 Å². The van der Waals surface area contributed by atoms with Crippen molar-refractivity contribution < 1.29 is 14.2 Å². The number of hydrogen-bond acceptors (Lipinski definition) is 9. The van der Waals surface area contributed by atoms with Crippen molar-refractivity contribution in [3.63, 3.8) is 0 Å². The first-order valence-electron chi connectivity index (χ1n) is 11.3. The van der Waals surface area contributed by atoms with E-state index in [0.717, 1.165) is 16.7 Å². The normalized spacial score (nSPS) is 11.1. The van der Waals surface area contributed by atoms with Gasteiger partial charge in [0, 0.05) is 5.56 Å². The van der Waals surface area contributed by atoms with E-state index in [2.05, 4.69) is 35.8 Å². The molecule has 0 radical (unpaired) electrons. The maximum absolute atomic E-state index is 13.2. The van der Waals surface area contributed by atoms with Gasteiger partial charge in [-0.25, -0.2) is 10.1 Å². The van der Waals surface area contributed by atoms with Gasteiger partial charge in [0.2, 0.25) is 11.6 Å². The number of carbonyl (C=O) groups excluding carboxylic acids is 1. The summed E-state index contributed by atoms with van der Waals surface area (Å²) >= 11 is 0. The zero-order valence-electron chi connectivity index (χ0n) is 19.8. The lowest BCUT2D eigenvalue weighted by atomic mass is 10.1. The Balaban J connectivity index is 1.34. The summed E-state index contributed by atoms with van der Waals surface area (Å²) in [5.74, 6) is 0.113. The summed E-state index contributed by atoms with van der Waals surface area (Å²) in [5, 5.41) is 19.6. The molecule has 0 fully saturated rings. The van der Waals surface area contributed by atoms with Crippen LogP contribution in [0.3, 0.4) is 0 Å². The van der Waals surface area contributed by atoms with Gasteiger partial charge in [0.15, 0.2) is 5.69 Å². The zero-order chi connectivity index (χ0) is 25.6. The summed E-state index contributed by atoms with van der Waals surface area (Å²) < 4.78 is 11.8. The van der Waals surface area contributed by atoms with E-state index in [1.54, 1.807) is 12.1 Å². The lowest BCUT2D eigenvalue weighted by Gasteiger charge is -2.09. The Labute approximate surface area is 211 Å². The quantitative estimate of drug-likeness (QED) is 0.246. The van der Waals surface area contributed by atoms with E-state index in [9.17, 15) is 4.79 Å². The molecule has 0 aliphatic carbocycles. The third kappa shape index (κ3) is 5.20. The topological polar surface area (TPSA) is 146 Å². The fraction of sp³-hybridized carbons (Fsp3) is 0.0769. The maximum atomic E-state index is 13.2. The van der Waals surface area contributed by atoms with Crippen LogP contribution in [0.1, 0.15) is 27.2 Å². The molecule has 2 heterocycles. The van der Waals surface area contributed by atoms with E-state index < -0.39 is 5.91 Å². The van der Waals surface area contributed by atoms with Crippen molar-refractivity contribution in [2.75, 3.05) is 5.73 Å². The molecule has 3 aromatic carbocycles. The molecule has 0 atom stereocenters. The van der Waals surface area contributed by atoms with Crippen molar-refractivity contribution in [1.29, 1.82) is 0 Å². The molecule has 0 spiro atoms. The number of nitrogens with zero attached hydrogens (tertiary/aromatic N) is 6. The minimum Gasteiger partial charge on any atom is -0.489 e. The van der Waals surface area contributed by atoms with Gasteiger partial charge in [0.25, 0.3) is 5.91 Å². The molecule has 184 valence electrons. The number of rotatable bonds is 8. The van der Waals surface area contributed by atoms with E-state index in [-0.39, 0.29) is 17.3 Å². The van der Waals surface area contributed by atoms with Crippen LogP contribution in [0.15, 0.2) is 88.6 Å². The molecule has 0 saturated carbocycles. The first-order valence-corrected chi connectivity index (χ1v) is 11.3. The van der Waals surface area contributed by atoms with Crippen molar-refractivity contribution in [2.24, 2.45) is 5.10 Å². The van der Waals surface area contributed by atoms with Crippen molar-refractivity contribution in [3.05, 3.63) is 101 Å². The monoisotopic (exact) mass is 494 g/mol. The van der Waals surface area contributed by atoms with E-state index in [1.165, 1.54) is 10.9 Å². The van der Waals surface area contributed by atoms with Crippen molar-refractivity contribution in [2.45, 2.75) is 13.5 Å². The van der Waals surface area contributed by atoms with Gasteiger partial charge in [0.05, 0.1) is 6.21 Å². The molecule has 0 aliphatic rings. The lowest BCUT2D eigenvalue weighted by Crippen LogP contribution is -2.22. The number of aromatic nitrogens is 5. The molecule has 3 N–H and O–H groups in total. The fourth-order valence-corrected chi connectivity index (χ4v) is 3.60. The maximum Gasteiger partial charge on any atom is 0.292 e. The van der Waals surface area contributed by atoms with Crippen LogP contribution in [0.25, 0.3) is 17.1 Å². The number of nitrogens with one attached hydrogen (secondary N) is 1. The van der Waals surface area contributed by atoms with Crippen LogP contribution in [0.5, 0.6) is 5.75 Å². The van der Waals surface area contributed by atoms with Crippen molar-refractivity contribution >= 4 is 17.9 Å². The summed E-state index contributed by atoms with van der Waals surface area (Å²) in [4.78, 5) is 13.2. The van der Waals surface area contributed by atoms with Gasteiger partial charge in [-0.05, 0) is 46.1 Å². The van der Waals surface area contributed by atoms with Crippen LogP contribution in [-0.4, -0.2) is 37.4 Å². The molecular weight excluding hydrogens is 472 g/mol. The summed E-state index contributed by atoms with van der Waals surface area (Å²) in [5.41, 5.74) is 12.4. The van der Waals surface area contributed by atoms with Crippen LogP contribution in [0.2, 0.25) is 0 Å². The molecule has 5 rings (SSSR count). The minimum absolute atomic E-state index is 0.0374. The predicted octanol–water partition coefficient (Wildman–Crippen LogP) is 3.55. The Morgan fingerprint density at radius 2 is 1.89 bits per heavy atom. The van der Waals surface area contributed by atoms with Gasteiger partial charge < -0.3 is 10.5 Å². The number of nitrogens with two attached hydrogens (primary N) is 1. The summed E-state index contributed by atoms with van der Waals surface area (Å²) in [6.45, 7) is 2.49. The Morgan fingerprint density at radius 3 is 2.68 bits per heavy atom. The highest BCUT2D eigenvalue weighted by Gasteiger charge is 2.25. The Kier molecular flexibility index (Phi) is 6.66. The number of hydrogen-bond donors (Lipinski definition) is 2. The summed E-state index contributed by atoms with van der Waals surface area (Å²) in [6, 6.07) is 24.6. The van der Waals surface area contributed by atoms with E-state index in [4.69, 9.17) is 10.5 Å². The van der Waals surface area contributed by atoms with Crippen LogP contribution < -0.4 is 15.9 Å². The number of carbonyl (C=O) groups is 1. The highest BCUT2D eigenvalue weighted by Crippen LogP contribution is 2.24. The first kappa shape index (κ1) is 23.4. The number of ether oxygens (including phenoxy) is 1. The lowest BCUT2D eigenvalue weighted by molar-refractivity contribution is 0.0948. The van der Waals surface area contributed by atoms with Gasteiger partial charge >= 0.3 is 0 Å². The van der Waals surface area contributed by atoms with Gasteiger partial charge in [-0.1, -0.05) is 71.9 Å². The Hall–Kier alpha value is -5.32. The number of aryl methyl sites for hydroxylation is 1. The molecule has 0 aliphatic heterocycles. The Morgan fingerprint density at radius 1 is 1.08 bits per heavy atom. The standard InChI is InChI=1S/C26H22N8O3/c1-17-8-5-6-12-20(17)16-36-21-13-7-9-18(14-21)15-28-30-26(35)23-22(19-10-3-2-4-11-19)29-33-34(23)25-24(27)31-37-32-25/h2-15H,16H2,1H3,(H2,27,31)(H,30,35)/b28-15+. The van der Waals surface area contributed by atoms with Crippen LogP contribution in [0, 0.1) is 6.92 Å². The number of hydrazone groups is 1. The molecule has 2 aromatic heterocycles. The molecule has 1 amide bonds. The summed E-state index contributed by atoms with van der Waals surface area (Å²) in [7, 11) is 0. The third-order valence-electron chi connectivity index (χ3n) is 5.52. The predicted molar refractivity (Wildman–Crippen MR) is 136 cm³/mol. The average molecular weight is 495 g/mol. The molecule has 11 heteroatoms. The number of anilines is 1.